The molecule has 0 aromatic heterocycles. The third-order valence-corrected chi connectivity index (χ3v) is 4.95. The Labute approximate surface area is 130 Å². The third kappa shape index (κ3) is 4.23. The van der Waals surface area contributed by atoms with Gasteiger partial charge in [-0.15, -0.1) is 0 Å². The summed E-state index contributed by atoms with van der Waals surface area (Å²) in [6.45, 7) is 7.02. The fourth-order valence-corrected chi connectivity index (χ4v) is 3.75. The molecule has 0 spiro atoms. The maximum atomic E-state index is 3.47. The minimum absolute atomic E-state index is 0.468. The van der Waals surface area contributed by atoms with E-state index < -0.39 is 0 Å². The van der Waals surface area contributed by atoms with E-state index in [1.54, 1.807) is 0 Å². The zero-order valence-electron chi connectivity index (χ0n) is 14.1. The number of hydrogen-bond acceptors (Lipinski definition) is 2. The summed E-state index contributed by atoms with van der Waals surface area (Å²) in [6.07, 6.45) is 7.99. The monoisotopic (exact) mass is 288 g/mol. The standard InChI is InChI=1S/C19H32N2/c1-4-9-16-10-8-14-21(15-13-16)19-12-7-6-11-17(19)18(5-2)20-3/h6-7,11-12,16,18,20H,4-5,8-10,13-15H2,1-3H3. The molecule has 2 nitrogen and oxygen atoms in total. The number of para-hydroxylation sites is 1. The Morgan fingerprint density at radius 2 is 2.00 bits per heavy atom. The number of anilines is 1. The first-order chi connectivity index (χ1) is 10.3. The van der Waals surface area contributed by atoms with Crippen LogP contribution in [0.15, 0.2) is 24.3 Å². The average Bonchev–Trinajstić information content (AvgIpc) is 2.75. The molecule has 2 rings (SSSR count). The smallest absolute Gasteiger partial charge is 0.0414 e. The minimum atomic E-state index is 0.468. The average molecular weight is 288 g/mol. The largest absolute Gasteiger partial charge is 0.371 e. The van der Waals surface area contributed by atoms with Gasteiger partial charge in [0, 0.05) is 24.8 Å². The first kappa shape index (κ1) is 16.4. The van der Waals surface area contributed by atoms with Gasteiger partial charge < -0.3 is 10.2 Å². The zero-order chi connectivity index (χ0) is 15.1. The van der Waals surface area contributed by atoms with Crippen LogP contribution in [0.5, 0.6) is 0 Å². The van der Waals surface area contributed by atoms with Crippen LogP contribution in [-0.4, -0.2) is 20.1 Å². The molecule has 1 aliphatic rings. The fourth-order valence-electron chi connectivity index (χ4n) is 3.75. The molecule has 2 heteroatoms. The molecule has 0 bridgehead atoms. The van der Waals surface area contributed by atoms with Crippen molar-refractivity contribution in [2.24, 2.45) is 5.92 Å². The molecule has 0 saturated carbocycles. The summed E-state index contributed by atoms with van der Waals surface area (Å²) in [5.74, 6) is 0.943. The number of benzene rings is 1. The van der Waals surface area contributed by atoms with Gasteiger partial charge in [-0.25, -0.2) is 0 Å². The van der Waals surface area contributed by atoms with Crippen LogP contribution in [-0.2, 0) is 0 Å². The molecule has 0 radical (unpaired) electrons. The lowest BCUT2D eigenvalue weighted by Crippen LogP contribution is -2.27. The normalized spacial score (nSPS) is 21.1. The molecular weight excluding hydrogens is 256 g/mol. The van der Waals surface area contributed by atoms with Crippen molar-refractivity contribution >= 4 is 5.69 Å². The molecule has 21 heavy (non-hydrogen) atoms. The van der Waals surface area contributed by atoms with Gasteiger partial charge in [0.15, 0.2) is 0 Å². The highest BCUT2D eigenvalue weighted by Gasteiger charge is 2.20. The molecular formula is C19H32N2. The molecule has 1 N–H and O–H groups in total. The topological polar surface area (TPSA) is 15.3 Å². The van der Waals surface area contributed by atoms with E-state index in [1.165, 1.54) is 56.4 Å². The maximum absolute atomic E-state index is 3.47. The number of nitrogens with one attached hydrogen (secondary N) is 1. The Kier molecular flexibility index (Phi) is 6.56. The van der Waals surface area contributed by atoms with Crippen LogP contribution in [0.2, 0.25) is 0 Å². The Hall–Kier alpha value is -1.02. The molecule has 1 fully saturated rings. The number of rotatable bonds is 6. The predicted molar refractivity (Wildman–Crippen MR) is 93.0 cm³/mol. The van der Waals surface area contributed by atoms with Crippen molar-refractivity contribution in [1.82, 2.24) is 5.32 Å². The molecule has 2 atom stereocenters. The Morgan fingerprint density at radius 1 is 1.19 bits per heavy atom. The highest BCUT2D eigenvalue weighted by molar-refractivity contribution is 5.55. The van der Waals surface area contributed by atoms with Crippen LogP contribution in [0.25, 0.3) is 0 Å². The Balaban J connectivity index is 2.14. The lowest BCUT2D eigenvalue weighted by atomic mass is 9.96. The molecule has 118 valence electrons. The van der Waals surface area contributed by atoms with Gasteiger partial charge in [-0.1, -0.05) is 44.9 Å². The summed E-state index contributed by atoms with van der Waals surface area (Å²) < 4.78 is 0. The SMILES string of the molecule is CCCC1CCCN(c2ccccc2C(CC)NC)CC1. The van der Waals surface area contributed by atoms with E-state index in [0.717, 1.165) is 12.3 Å². The number of nitrogens with zero attached hydrogens (tertiary/aromatic N) is 1. The van der Waals surface area contributed by atoms with Crippen molar-refractivity contribution < 1.29 is 0 Å². The summed E-state index contributed by atoms with van der Waals surface area (Å²) >= 11 is 0. The second kappa shape index (κ2) is 8.43. The van der Waals surface area contributed by atoms with Crippen molar-refractivity contribution in [1.29, 1.82) is 0 Å². The molecule has 1 aromatic carbocycles. The minimum Gasteiger partial charge on any atom is -0.371 e. The summed E-state index contributed by atoms with van der Waals surface area (Å²) in [5.41, 5.74) is 2.92. The summed E-state index contributed by atoms with van der Waals surface area (Å²) in [7, 11) is 2.07. The van der Waals surface area contributed by atoms with Gasteiger partial charge in [0.1, 0.15) is 0 Å². The molecule has 1 aliphatic heterocycles. The van der Waals surface area contributed by atoms with Gasteiger partial charge in [-0.3, -0.25) is 0 Å². The molecule has 1 saturated heterocycles. The van der Waals surface area contributed by atoms with Crippen LogP contribution in [0.3, 0.4) is 0 Å². The van der Waals surface area contributed by atoms with Gasteiger partial charge >= 0.3 is 0 Å². The van der Waals surface area contributed by atoms with Gasteiger partial charge in [0.2, 0.25) is 0 Å². The lowest BCUT2D eigenvalue weighted by molar-refractivity contribution is 0.435. The highest BCUT2D eigenvalue weighted by Crippen LogP contribution is 2.31. The van der Waals surface area contributed by atoms with Crippen LogP contribution in [0.1, 0.15) is 64.0 Å². The van der Waals surface area contributed by atoms with E-state index in [2.05, 4.69) is 55.4 Å². The van der Waals surface area contributed by atoms with Crippen LogP contribution < -0.4 is 10.2 Å². The van der Waals surface area contributed by atoms with Crippen molar-refractivity contribution in [3.8, 4) is 0 Å². The Bertz CT molecular complexity index is 412. The lowest BCUT2D eigenvalue weighted by Gasteiger charge is -2.28. The number of hydrogen-bond donors (Lipinski definition) is 1. The van der Waals surface area contributed by atoms with Crippen molar-refractivity contribution in [2.45, 2.75) is 58.4 Å². The summed E-state index contributed by atoms with van der Waals surface area (Å²) in [4.78, 5) is 2.63. The van der Waals surface area contributed by atoms with E-state index in [4.69, 9.17) is 0 Å². The first-order valence-electron chi connectivity index (χ1n) is 8.81. The van der Waals surface area contributed by atoms with Crippen molar-refractivity contribution in [3.05, 3.63) is 29.8 Å². The quantitative estimate of drug-likeness (QED) is 0.811. The van der Waals surface area contributed by atoms with Gasteiger partial charge in [-0.05, 0) is 50.3 Å². The summed E-state index contributed by atoms with van der Waals surface area (Å²) in [5, 5.41) is 3.47. The van der Waals surface area contributed by atoms with Crippen LogP contribution in [0, 0.1) is 5.92 Å². The Morgan fingerprint density at radius 3 is 2.71 bits per heavy atom. The zero-order valence-corrected chi connectivity index (χ0v) is 14.1. The van der Waals surface area contributed by atoms with E-state index in [-0.39, 0.29) is 0 Å². The van der Waals surface area contributed by atoms with Crippen molar-refractivity contribution in [3.63, 3.8) is 0 Å². The first-order valence-corrected chi connectivity index (χ1v) is 8.81. The van der Waals surface area contributed by atoms with E-state index >= 15 is 0 Å². The van der Waals surface area contributed by atoms with E-state index in [1.807, 2.05) is 0 Å². The molecule has 1 heterocycles. The molecule has 2 unspecified atom stereocenters. The molecule has 1 aromatic rings. The van der Waals surface area contributed by atoms with Crippen LogP contribution in [0.4, 0.5) is 5.69 Å². The third-order valence-electron chi connectivity index (χ3n) is 4.95. The summed E-state index contributed by atoms with van der Waals surface area (Å²) in [6, 6.07) is 9.45. The second-order valence-corrected chi connectivity index (χ2v) is 6.38. The maximum Gasteiger partial charge on any atom is 0.0414 e. The van der Waals surface area contributed by atoms with Gasteiger partial charge in [0.05, 0.1) is 0 Å². The molecule has 0 amide bonds. The van der Waals surface area contributed by atoms with Gasteiger partial charge in [0.25, 0.3) is 0 Å². The van der Waals surface area contributed by atoms with Crippen LogP contribution >= 0.6 is 0 Å². The van der Waals surface area contributed by atoms with Gasteiger partial charge in [-0.2, -0.15) is 0 Å². The van der Waals surface area contributed by atoms with E-state index in [0.29, 0.717) is 6.04 Å². The highest BCUT2D eigenvalue weighted by atomic mass is 15.1. The van der Waals surface area contributed by atoms with E-state index in [9.17, 15) is 0 Å². The second-order valence-electron chi connectivity index (χ2n) is 6.38. The van der Waals surface area contributed by atoms with Crippen molar-refractivity contribution in [2.75, 3.05) is 25.0 Å². The molecule has 0 aliphatic carbocycles. The fraction of sp³-hybridized carbons (Fsp3) is 0.684. The predicted octanol–water partition coefficient (Wildman–Crippen LogP) is 4.76.